The van der Waals surface area contributed by atoms with E-state index >= 15 is 0 Å². The molecule has 0 radical (unpaired) electrons. The molecule has 1 heterocycles. The summed E-state index contributed by atoms with van der Waals surface area (Å²) < 4.78 is 51.3. The fourth-order valence-corrected chi connectivity index (χ4v) is 3.63. The van der Waals surface area contributed by atoms with Crippen LogP contribution in [-0.2, 0) is 16.1 Å². The zero-order chi connectivity index (χ0) is 16.4. The SMILES string of the molecule is CC1CCC(C2COC(c3cc(F)c(CF)c(F)c3)OC2)CC1. The molecule has 2 nitrogen and oxygen atoms in total. The summed E-state index contributed by atoms with van der Waals surface area (Å²) in [6, 6.07) is 2.20. The number of alkyl halides is 1. The highest BCUT2D eigenvalue weighted by Gasteiger charge is 2.32. The molecule has 0 atom stereocenters. The molecule has 2 fully saturated rings. The number of ether oxygens (including phenoxy) is 2. The lowest BCUT2D eigenvalue weighted by molar-refractivity contribution is -0.214. The van der Waals surface area contributed by atoms with Gasteiger partial charge >= 0.3 is 0 Å². The molecule has 1 aromatic carbocycles. The van der Waals surface area contributed by atoms with E-state index in [1.807, 2.05) is 0 Å². The van der Waals surface area contributed by atoms with E-state index < -0.39 is 30.2 Å². The van der Waals surface area contributed by atoms with Gasteiger partial charge < -0.3 is 9.47 Å². The van der Waals surface area contributed by atoms with Gasteiger partial charge in [-0.2, -0.15) is 0 Å². The van der Waals surface area contributed by atoms with E-state index in [0.29, 0.717) is 25.0 Å². The normalized spacial score (nSPS) is 32.0. The Bertz CT molecular complexity index is 510. The smallest absolute Gasteiger partial charge is 0.184 e. The topological polar surface area (TPSA) is 18.5 Å². The monoisotopic (exact) mass is 328 g/mol. The summed E-state index contributed by atoms with van der Waals surface area (Å²) in [6.45, 7) is 2.20. The van der Waals surface area contributed by atoms with Gasteiger partial charge in [0.1, 0.15) is 18.3 Å². The van der Waals surface area contributed by atoms with Crippen LogP contribution in [0.1, 0.15) is 50.0 Å². The van der Waals surface area contributed by atoms with Gasteiger partial charge in [-0.1, -0.05) is 19.8 Å². The van der Waals surface area contributed by atoms with Crippen LogP contribution in [-0.4, -0.2) is 13.2 Å². The number of hydrogen-bond donors (Lipinski definition) is 0. The second kappa shape index (κ2) is 7.22. The molecule has 128 valence electrons. The molecule has 0 unspecified atom stereocenters. The number of hydrogen-bond acceptors (Lipinski definition) is 2. The van der Waals surface area contributed by atoms with Gasteiger partial charge in [0.05, 0.1) is 18.8 Å². The molecule has 23 heavy (non-hydrogen) atoms. The minimum Gasteiger partial charge on any atom is -0.348 e. The molecule has 0 amide bonds. The Morgan fingerprint density at radius 3 is 2.04 bits per heavy atom. The van der Waals surface area contributed by atoms with E-state index in [1.165, 1.54) is 25.7 Å². The van der Waals surface area contributed by atoms with Crippen LogP contribution in [0.15, 0.2) is 12.1 Å². The van der Waals surface area contributed by atoms with Crippen LogP contribution in [0.3, 0.4) is 0 Å². The summed E-state index contributed by atoms with van der Waals surface area (Å²) >= 11 is 0. The van der Waals surface area contributed by atoms with Gasteiger partial charge in [0.25, 0.3) is 0 Å². The average Bonchev–Trinajstić information content (AvgIpc) is 2.55. The molecule has 1 aliphatic carbocycles. The van der Waals surface area contributed by atoms with Crippen molar-refractivity contribution >= 4 is 0 Å². The van der Waals surface area contributed by atoms with Gasteiger partial charge in [0.2, 0.25) is 0 Å². The van der Waals surface area contributed by atoms with Crippen molar-refractivity contribution in [3.8, 4) is 0 Å². The first-order valence-corrected chi connectivity index (χ1v) is 8.35. The Balaban J connectivity index is 1.61. The highest BCUT2D eigenvalue weighted by molar-refractivity contribution is 5.26. The molecule has 1 aromatic rings. The van der Waals surface area contributed by atoms with Crippen LogP contribution >= 0.6 is 0 Å². The number of halogens is 3. The lowest BCUT2D eigenvalue weighted by Crippen LogP contribution is -2.34. The Morgan fingerprint density at radius 2 is 1.52 bits per heavy atom. The van der Waals surface area contributed by atoms with E-state index in [2.05, 4.69) is 6.92 Å². The highest BCUT2D eigenvalue weighted by Crippen LogP contribution is 2.37. The lowest BCUT2D eigenvalue weighted by Gasteiger charge is -2.37. The first kappa shape index (κ1) is 16.8. The lowest BCUT2D eigenvalue weighted by atomic mass is 9.76. The van der Waals surface area contributed by atoms with Gasteiger partial charge in [-0.05, 0) is 36.8 Å². The van der Waals surface area contributed by atoms with Crippen molar-refractivity contribution in [3.05, 3.63) is 34.9 Å². The van der Waals surface area contributed by atoms with E-state index in [4.69, 9.17) is 9.47 Å². The largest absolute Gasteiger partial charge is 0.348 e. The molecule has 5 heteroatoms. The predicted octanol–water partition coefficient (Wildman–Crippen LogP) is 4.92. The molecular weight excluding hydrogens is 305 g/mol. The Labute approximate surface area is 135 Å². The first-order chi connectivity index (χ1) is 11.1. The molecular formula is C18H23F3O2. The van der Waals surface area contributed by atoms with E-state index in [9.17, 15) is 13.2 Å². The van der Waals surface area contributed by atoms with E-state index in [1.54, 1.807) is 0 Å². The molecule has 1 saturated carbocycles. The van der Waals surface area contributed by atoms with Crippen molar-refractivity contribution in [1.82, 2.24) is 0 Å². The summed E-state index contributed by atoms with van der Waals surface area (Å²) in [5, 5.41) is 0. The maximum Gasteiger partial charge on any atom is 0.184 e. The first-order valence-electron chi connectivity index (χ1n) is 8.35. The van der Waals surface area contributed by atoms with E-state index in [0.717, 1.165) is 18.1 Å². The Kier molecular flexibility index (Phi) is 5.27. The van der Waals surface area contributed by atoms with Crippen LogP contribution in [0, 0.1) is 29.4 Å². The Hall–Kier alpha value is -1.07. The molecule has 1 saturated heterocycles. The van der Waals surface area contributed by atoms with Crippen molar-refractivity contribution in [2.24, 2.45) is 17.8 Å². The van der Waals surface area contributed by atoms with Crippen LogP contribution in [0.4, 0.5) is 13.2 Å². The maximum absolute atomic E-state index is 13.7. The number of benzene rings is 1. The van der Waals surface area contributed by atoms with Gasteiger partial charge in [-0.3, -0.25) is 0 Å². The molecule has 0 bridgehead atoms. The standard InChI is InChI=1S/C18H23F3O2/c1-11-2-4-12(5-3-11)14-9-22-18(23-10-14)13-6-16(20)15(8-19)17(21)7-13/h6-7,11-12,14,18H,2-5,8-10H2,1H3. The fourth-order valence-electron chi connectivity index (χ4n) is 3.63. The molecule has 0 N–H and O–H groups in total. The van der Waals surface area contributed by atoms with Crippen molar-refractivity contribution in [2.75, 3.05) is 13.2 Å². The molecule has 1 aliphatic heterocycles. The third-order valence-corrected chi connectivity index (χ3v) is 5.22. The average molecular weight is 328 g/mol. The second-order valence-electron chi connectivity index (χ2n) is 6.88. The molecule has 3 rings (SSSR count). The van der Waals surface area contributed by atoms with Gasteiger partial charge in [0.15, 0.2) is 6.29 Å². The minimum atomic E-state index is -1.16. The van der Waals surface area contributed by atoms with Gasteiger partial charge in [-0.25, -0.2) is 13.2 Å². The molecule has 0 aromatic heterocycles. The third kappa shape index (κ3) is 3.72. The second-order valence-corrected chi connectivity index (χ2v) is 6.88. The fraction of sp³-hybridized carbons (Fsp3) is 0.667. The van der Waals surface area contributed by atoms with Crippen LogP contribution in [0.5, 0.6) is 0 Å². The van der Waals surface area contributed by atoms with Gasteiger partial charge in [-0.15, -0.1) is 0 Å². The third-order valence-electron chi connectivity index (χ3n) is 5.22. The maximum atomic E-state index is 13.7. The van der Waals surface area contributed by atoms with Crippen LogP contribution in [0.25, 0.3) is 0 Å². The zero-order valence-electron chi connectivity index (χ0n) is 13.4. The molecule has 2 aliphatic rings. The van der Waals surface area contributed by atoms with Crippen molar-refractivity contribution in [3.63, 3.8) is 0 Å². The Morgan fingerprint density at radius 1 is 0.957 bits per heavy atom. The summed E-state index contributed by atoms with van der Waals surface area (Å²) in [5.74, 6) is -0.0336. The van der Waals surface area contributed by atoms with Crippen LogP contribution < -0.4 is 0 Å². The predicted molar refractivity (Wildman–Crippen MR) is 80.4 cm³/mol. The highest BCUT2D eigenvalue weighted by atomic mass is 19.1. The van der Waals surface area contributed by atoms with Crippen molar-refractivity contribution in [2.45, 2.75) is 45.6 Å². The van der Waals surface area contributed by atoms with Gasteiger partial charge in [0, 0.05) is 11.5 Å². The number of rotatable bonds is 3. The van der Waals surface area contributed by atoms with Crippen molar-refractivity contribution in [1.29, 1.82) is 0 Å². The summed E-state index contributed by atoms with van der Waals surface area (Å²) in [5.41, 5.74) is -0.272. The minimum absolute atomic E-state index is 0.271. The zero-order valence-corrected chi connectivity index (χ0v) is 13.4. The van der Waals surface area contributed by atoms with E-state index in [-0.39, 0.29) is 5.56 Å². The quantitative estimate of drug-likeness (QED) is 0.784. The summed E-state index contributed by atoms with van der Waals surface area (Å²) in [7, 11) is 0. The van der Waals surface area contributed by atoms with Crippen molar-refractivity contribution < 1.29 is 22.6 Å². The van der Waals surface area contributed by atoms with Crippen LogP contribution in [0.2, 0.25) is 0 Å². The molecule has 0 spiro atoms. The summed E-state index contributed by atoms with van der Waals surface area (Å²) in [6.07, 6.45) is 4.10. The summed E-state index contributed by atoms with van der Waals surface area (Å²) in [4.78, 5) is 0.